The third-order valence-electron chi connectivity index (χ3n) is 4.97. The van der Waals surface area contributed by atoms with Crippen molar-refractivity contribution in [3.8, 4) is 11.3 Å². The number of benzene rings is 2. The minimum atomic E-state index is -0.214. The largest absolute Gasteiger partial charge is 0.343 e. The Hall–Kier alpha value is -3.67. The van der Waals surface area contributed by atoms with E-state index in [1.54, 1.807) is 10.9 Å². The number of carbonyl (C=O) groups is 1. The number of aromatic nitrogens is 3. The average molecular weight is 385 g/mol. The van der Waals surface area contributed by atoms with Gasteiger partial charge in [-0.2, -0.15) is 10.2 Å². The molecule has 0 saturated heterocycles. The number of carbonyl (C=O) groups excluding carboxylic acids is 1. The van der Waals surface area contributed by atoms with Gasteiger partial charge in [-0.25, -0.2) is 5.43 Å². The molecule has 29 heavy (non-hydrogen) atoms. The van der Waals surface area contributed by atoms with Crippen molar-refractivity contribution in [1.29, 1.82) is 0 Å². The summed E-state index contributed by atoms with van der Waals surface area (Å²) in [5.41, 5.74) is 8.71. The zero-order valence-electron chi connectivity index (χ0n) is 16.8. The predicted octanol–water partition coefficient (Wildman–Crippen LogP) is 3.81. The molecule has 2 aromatic carbocycles. The van der Waals surface area contributed by atoms with Gasteiger partial charge in [0.1, 0.15) is 6.54 Å². The van der Waals surface area contributed by atoms with Gasteiger partial charge in [0.2, 0.25) is 0 Å². The molecule has 1 N–H and O–H groups in total. The highest BCUT2D eigenvalue weighted by Crippen LogP contribution is 2.31. The van der Waals surface area contributed by atoms with Crippen molar-refractivity contribution in [2.45, 2.75) is 20.4 Å². The van der Waals surface area contributed by atoms with Crippen LogP contribution in [0, 0.1) is 13.8 Å². The second-order valence-corrected chi connectivity index (χ2v) is 7.08. The standard InChI is InChI=1S/C23H23N5O/c1-16-13-17(2)28(26-16)15-22(29)25-24-14-20-19-11-7-8-12-21(19)27(3)23(20)18-9-5-4-6-10-18/h4-14H,15H2,1-3H3,(H,25,29). The van der Waals surface area contributed by atoms with Crippen LogP contribution in [0.2, 0.25) is 0 Å². The van der Waals surface area contributed by atoms with E-state index in [-0.39, 0.29) is 12.5 Å². The molecule has 1 amide bonds. The van der Waals surface area contributed by atoms with Gasteiger partial charge >= 0.3 is 0 Å². The summed E-state index contributed by atoms with van der Waals surface area (Å²) in [5, 5.41) is 9.65. The molecule has 0 saturated carbocycles. The van der Waals surface area contributed by atoms with Crippen molar-refractivity contribution >= 4 is 23.0 Å². The first kappa shape index (κ1) is 18.7. The maximum absolute atomic E-state index is 12.3. The number of hydrogen-bond donors (Lipinski definition) is 1. The van der Waals surface area contributed by atoms with Crippen molar-refractivity contribution in [2.75, 3.05) is 0 Å². The Morgan fingerprint density at radius 1 is 1.10 bits per heavy atom. The molecule has 0 aliphatic heterocycles. The van der Waals surface area contributed by atoms with E-state index in [1.165, 1.54) is 0 Å². The monoisotopic (exact) mass is 385 g/mol. The van der Waals surface area contributed by atoms with E-state index in [4.69, 9.17) is 0 Å². The molecule has 0 aliphatic rings. The number of hydrazone groups is 1. The van der Waals surface area contributed by atoms with E-state index in [1.807, 2.05) is 57.3 Å². The number of fused-ring (bicyclic) bond motifs is 1. The fraction of sp³-hybridized carbons (Fsp3) is 0.174. The fourth-order valence-electron chi connectivity index (χ4n) is 3.67. The van der Waals surface area contributed by atoms with Crippen molar-refractivity contribution in [3.63, 3.8) is 0 Å². The van der Waals surface area contributed by atoms with Gasteiger partial charge in [0.15, 0.2) is 0 Å². The van der Waals surface area contributed by atoms with Gasteiger partial charge in [0, 0.05) is 29.2 Å². The highest BCUT2D eigenvalue weighted by molar-refractivity contribution is 6.06. The number of nitrogens with one attached hydrogen (secondary N) is 1. The van der Waals surface area contributed by atoms with E-state index in [2.05, 4.69) is 44.5 Å². The van der Waals surface area contributed by atoms with Crippen LogP contribution in [0.15, 0.2) is 65.8 Å². The Morgan fingerprint density at radius 2 is 1.83 bits per heavy atom. The lowest BCUT2D eigenvalue weighted by Gasteiger charge is -2.06. The maximum Gasteiger partial charge on any atom is 0.261 e. The number of rotatable bonds is 5. The van der Waals surface area contributed by atoms with Crippen molar-refractivity contribution in [1.82, 2.24) is 19.8 Å². The van der Waals surface area contributed by atoms with Crippen LogP contribution in [0.3, 0.4) is 0 Å². The molecule has 0 unspecified atom stereocenters. The summed E-state index contributed by atoms with van der Waals surface area (Å²) in [6, 6.07) is 20.3. The number of amides is 1. The predicted molar refractivity (Wildman–Crippen MR) is 116 cm³/mol. The third kappa shape index (κ3) is 3.69. The van der Waals surface area contributed by atoms with Crippen LogP contribution in [0.1, 0.15) is 17.0 Å². The summed E-state index contributed by atoms with van der Waals surface area (Å²) in [5.74, 6) is -0.214. The Bertz CT molecular complexity index is 1200. The van der Waals surface area contributed by atoms with E-state index in [0.717, 1.165) is 39.1 Å². The number of nitrogens with zero attached hydrogens (tertiary/aromatic N) is 4. The van der Waals surface area contributed by atoms with E-state index in [0.29, 0.717) is 0 Å². The number of aryl methyl sites for hydroxylation is 3. The first-order valence-corrected chi connectivity index (χ1v) is 9.50. The molecular formula is C23H23N5O. The molecule has 0 radical (unpaired) electrons. The van der Waals surface area contributed by atoms with Crippen molar-refractivity contribution in [3.05, 3.63) is 77.6 Å². The third-order valence-corrected chi connectivity index (χ3v) is 4.97. The smallest absolute Gasteiger partial charge is 0.261 e. The highest BCUT2D eigenvalue weighted by atomic mass is 16.2. The maximum atomic E-state index is 12.3. The van der Waals surface area contributed by atoms with E-state index >= 15 is 0 Å². The molecule has 0 atom stereocenters. The first-order chi connectivity index (χ1) is 14.0. The minimum absolute atomic E-state index is 0.137. The lowest BCUT2D eigenvalue weighted by Crippen LogP contribution is -2.24. The summed E-state index contributed by atoms with van der Waals surface area (Å²) in [6.45, 7) is 3.97. The van der Waals surface area contributed by atoms with Gasteiger partial charge in [0.05, 0.1) is 17.6 Å². The Morgan fingerprint density at radius 3 is 2.55 bits per heavy atom. The molecule has 4 aromatic rings. The Balaban J connectivity index is 1.63. The topological polar surface area (TPSA) is 64.2 Å². The molecule has 6 nitrogen and oxygen atoms in total. The summed E-state index contributed by atoms with van der Waals surface area (Å²) >= 11 is 0. The summed E-state index contributed by atoms with van der Waals surface area (Å²) in [6.07, 6.45) is 1.73. The molecule has 0 fully saturated rings. The van der Waals surface area contributed by atoms with Crippen LogP contribution in [-0.2, 0) is 18.4 Å². The van der Waals surface area contributed by atoms with Crippen LogP contribution in [0.4, 0.5) is 0 Å². The number of para-hydroxylation sites is 1. The van der Waals surface area contributed by atoms with E-state index < -0.39 is 0 Å². The minimum Gasteiger partial charge on any atom is -0.343 e. The summed E-state index contributed by atoms with van der Waals surface area (Å²) < 4.78 is 3.83. The van der Waals surface area contributed by atoms with Crippen molar-refractivity contribution < 1.29 is 4.79 Å². The van der Waals surface area contributed by atoms with Gasteiger partial charge in [-0.1, -0.05) is 48.5 Å². The average Bonchev–Trinajstić information content (AvgIpc) is 3.18. The molecule has 2 heterocycles. The second-order valence-electron chi connectivity index (χ2n) is 7.08. The molecule has 0 aliphatic carbocycles. The highest BCUT2D eigenvalue weighted by Gasteiger charge is 2.15. The normalized spacial score (nSPS) is 11.4. The zero-order chi connectivity index (χ0) is 20.4. The SMILES string of the molecule is Cc1cc(C)n(CC(=O)NN=Cc2c(-c3ccccc3)n(C)c3ccccc23)n1. The zero-order valence-corrected chi connectivity index (χ0v) is 16.8. The summed E-state index contributed by atoms with van der Waals surface area (Å²) in [7, 11) is 2.05. The molecule has 146 valence electrons. The van der Waals surface area contributed by atoms with Crippen LogP contribution >= 0.6 is 0 Å². The molecule has 0 spiro atoms. The molecule has 0 bridgehead atoms. The quantitative estimate of drug-likeness (QED) is 0.419. The fourth-order valence-corrected chi connectivity index (χ4v) is 3.67. The number of hydrogen-bond acceptors (Lipinski definition) is 3. The Labute approximate surface area is 169 Å². The molecule has 2 aromatic heterocycles. The van der Waals surface area contributed by atoms with E-state index in [9.17, 15) is 4.79 Å². The lowest BCUT2D eigenvalue weighted by atomic mass is 10.1. The van der Waals surface area contributed by atoms with Crippen LogP contribution in [0.25, 0.3) is 22.2 Å². The van der Waals surface area contributed by atoms with Crippen LogP contribution in [-0.4, -0.2) is 26.5 Å². The van der Waals surface area contributed by atoms with Gasteiger partial charge in [-0.3, -0.25) is 9.48 Å². The molecule has 6 heteroatoms. The van der Waals surface area contributed by atoms with Crippen LogP contribution in [0.5, 0.6) is 0 Å². The second kappa shape index (κ2) is 7.75. The van der Waals surface area contributed by atoms with Crippen molar-refractivity contribution in [2.24, 2.45) is 12.1 Å². The van der Waals surface area contributed by atoms with Gasteiger partial charge in [-0.05, 0) is 31.5 Å². The van der Waals surface area contributed by atoms with Gasteiger partial charge in [-0.15, -0.1) is 0 Å². The van der Waals surface area contributed by atoms with Crippen LogP contribution < -0.4 is 5.43 Å². The molecular weight excluding hydrogens is 362 g/mol. The van der Waals surface area contributed by atoms with Gasteiger partial charge in [0.25, 0.3) is 5.91 Å². The summed E-state index contributed by atoms with van der Waals surface area (Å²) in [4.78, 5) is 12.3. The van der Waals surface area contributed by atoms with Gasteiger partial charge < -0.3 is 4.57 Å². The Kier molecular flexibility index (Phi) is 4.99. The molecule has 4 rings (SSSR count). The first-order valence-electron chi connectivity index (χ1n) is 9.50. The lowest BCUT2D eigenvalue weighted by molar-refractivity contribution is -0.121.